The van der Waals surface area contributed by atoms with Gasteiger partial charge in [-0.05, 0) is 78.9 Å². The molecule has 0 unspecified atom stereocenters. The van der Waals surface area contributed by atoms with E-state index in [1.165, 1.54) is 86.6 Å². The summed E-state index contributed by atoms with van der Waals surface area (Å²) in [5.41, 5.74) is 12.5. The minimum Gasteiger partial charge on any atom is -0.134 e. The van der Waals surface area contributed by atoms with Gasteiger partial charge in [-0.1, -0.05) is 188 Å². The van der Waals surface area contributed by atoms with Gasteiger partial charge in [0.25, 0.3) is 0 Å². The second-order valence-electron chi connectivity index (χ2n) is 12.9. The Hall–Kier alpha value is -6.02. The molecule has 1 heterocycles. The van der Waals surface area contributed by atoms with E-state index >= 15 is 0 Å². The SMILES string of the molecule is C(/Cc1cccc(-c2cccc(-c3cccc4c3sc3c5ccccc5ccc43)c2)c1)=C(/c1ccccc1)c1ccc(-c2ccccc2)cc1. The van der Waals surface area contributed by atoms with Gasteiger partial charge >= 0.3 is 0 Å². The number of fused-ring (bicyclic) bond motifs is 5. The second kappa shape index (κ2) is 13.1. The molecular weight excluding hydrogens is 621 g/mol. The quantitative estimate of drug-likeness (QED) is 0.160. The Morgan fingerprint density at radius 3 is 1.84 bits per heavy atom. The van der Waals surface area contributed by atoms with E-state index in [4.69, 9.17) is 0 Å². The first-order valence-electron chi connectivity index (χ1n) is 17.2. The van der Waals surface area contributed by atoms with Gasteiger partial charge in [0.1, 0.15) is 0 Å². The first kappa shape index (κ1) is 30.1. The molecule has 0 fully saturated rings. The standard InChI is InChI=1S/C49H34S/c1-3-13-35(14-4-1)36-25-27-39(28-26-36)43(37-15-5-2-6-16-37)30-24-34-12-9-18-40(32-34)41-19-10-20-42(33-41)45-22-11-23-46-47-31-29-38-17-7-8-21-44(38)48(47)50-49(45)46/h1-23,25-33H,24H2/b43-30+. The van der Waals surface area contributed by atoms with Gasteiger partial charge in [-0.2, -0.15) is 0 Å². The Kier molecular flexibility index (Phi) is 7.89. The highest BCUT2D eigenvalue weighted by atomic mass is 32.1. The second-order valence-corrected chi connectivity index (χ2v) is 13.9. The van der Waals surface area contributed by atoms with Crippen LogP contribution in [0, 0.1) is 0 Å². The molecule has 0 radical (unpaired) electrons. The molecule has 0 N–H and O–H groups in total. The fraction of sp³-hybridized carbons (Fsp3) is 0.0204. The lowest BCUT2D eigenvalue weighted by Gasteiger charge is -2.11. The summed E-state index contributed by atoms with van der Waals surface area (Å²) in [5.74, 6) is 0. The minimum absolute atomic E-state index is 0.841. The smallest absolute Gasteiger partial charge is 0.0434 e. The Labute approximate surface area is 297 Å². The molecule has 0 atom stereocenters. The fourth-order valence-electron chi connectivity index (χ4n) is 7.21. The molecule has 8 aromatic carbocycles. The maximum Gasteiger partial charge on any atom is 0.0434 e. The molecule has 0 amide bonds. The molecule has 0 saturated heterocycles. The van der Waals surface area contributed by atoms with Crippen molar-refractivity contribution in [3.8, 4) is 33.4 Å². The third-order valence-corrected chi connectivity index (χ3v) is 11.0. The third-order valence-electron chi connectivity index (χ3n) is 9.75. The van der Waals surface area contributed by atoms with Crippen molar-refractivity contribution in [1.29, 1.82) is 0 Å². The maximum absolute atomic E-state index is 2.38. The van der Waals surface area contributed by atoms with Crippen molar-refractivity contribution in [1.82, 2.24) is 0 Å². The van der Waals surface area contributed by atoms with Gasteiger partial charge in [0.15, 0.2) is 0 Å². The summed E-state index contributed by atoms with van der Waals surface area (Å²) in [5, 5.41) is 5.29. The van der Waals surface area contributed by atoms with Crippen molar-refractivity contribution in [3.63, 3.8) is 0 Å². The van der Waals surface area contributed by atoms with Crippen LogP contribution in [0.4, 0.5) is 0 Å². The van der Waals surface area contributed by atoms with Gasteiger partial charge < -0.3 is 0 Å². The molecule has 0 aliphatic carbocycles. The molecule has 0 aliphatic heterocycles. The average molecular weight is 655 g/mol. The van der Waals surface area contributed by atoms with Gasteiger partial charge in [-0.15, -0.1) is 11.3 Å². The molecule has 0 spiro atoms. The van der Waals surface area contributed by atoms with E-state index in [9.17, 15) is 0 Å². The van der Waals surface area contributed by atoms with E-state index in [1.807, 2.05) is 11.3 Å². The predicted molar refractivity (Wildman–Crippen MR) is 217 cm³/mol. The van der Waals surface area contributed by atoms with Gasteiger partial charge in [0.2, 0.25) is 0 Å². The molecule has 9 aromatic rings. The van der Waals surface area contributed by atoms with Crippen molar-refractivity contribution in [3.05, 3.63) is 211 Å². The Balaban J connectivity index is 1.05. The van der Waals surface area contributed by atoms with E-state index in [0.29, 0.717) is 0 Å². The number of rotatable bonds is 7. The summed E-state index contributed by atoms with van der Waals surface area (Å²) in [4.78, 5) is 0. The lowest BCUT2D eigenvalue weighted by atomic mass is 9.93. The molecular formula is C49H34S. The van der Waals surface area contributed by atoms with E-state index in [1.54, 1.807) is 0 Å². The van der Waals surface area contributed by atoms with Crippen LogP contribution in [-0.2, 0) is 6.42 Å². The normalized spacial score (nSPS) is 11.8. The number of hydrogen-bond acceptors (Lipinski definition) is 1. The minimum atomic E-state index is 0.841. The Morgan fingerprint density at radius 2 is 1.00 bits per heavy atom. The summed E-state index contributed by atoms with van der Waals surface area (Å²) in [7, 11) is 0. The summed E-state index contributed by atoms with van der Waals surface area (Å²) >= 11 is 1.92. The number of hydrogen-bond donors (Lipinski definition) is 0. The zero-order chi connectivity index (χ0) is 33.3. The molecule has 0 nitrogen and oxygen atoms in total. The van der Waals surface area contributed by atoms with Crippen LogP contribution in [0.15, 0.2) is 194 Å². The first-order valence-corrected chi connectivity index (χ1v) is 18.0. The van der Waals surface area contributed by atoms with Crippen molar-refractivity contribution in [2.75, 3.05) is 0 Å². The van der Waals surface area contributed by atoms with Gasteiger partial charge in [0.05, 0.1) is 0 Å². The average Bonchev–Trinajstić information content (AvgIpc) is 3.59. The van der Waals surface area contributed by atoms with E-state index in [2.05, 4.69) is 194 Å². The van der Waals surface area contributed by atoms with Crippen LogP contribution >= 0.6 is 11.3 Å². The van der Waals surface area contributed by atoms with Crippen molar-refractivity contribution in [2.45, 2.75) is 6.42 Å². The number of allylic oxidation sites excluding steroid dienone is 1. The van der Waals surface area contributed by atoms with Gasteiger partial charge in [-0.25, -0.2) is 0 Å². The number of thiophene rings is 1. The van der Waals surface area contributed by atoms with Crippen LogP contribution < -0.4 is 0 Å². The zero-order valence-electron chi connectivity index (χ0n) is 27.6. The highest BCUT2D eigenvalue weighted by Gasteiger charge is 2.13. The van der Waals surface area contributed by atoms with Crippen LogP contribution in [0.25, 0.3) is 69.9 Å². The summed E-state index contributed by atoms with van der Waals surface area (Å²) < 4.78 is 2.71. The van der Waals surface area contributed by atoms with E-state index < -0.39 is 0 Å². The largest absolute Gasteiger partial charge is 0.134 e. The first-order chi connectivity index (χ1) is 24.8. The molecule has 236 valence electrons. The monoisotopic (exact) mass is 654 g/mol. The molecule has 1 aromatic heterocycles. The third kappa shape index (κ3) is 5.72. The molecule has 1 heteroatoms. The lowest BCUT2D eigenvalue weighted by Crippen LogP contribution is -1.91. The zero-order valence-corrected chi connectivity index (χ0v) is 28.4. The van der Waals surface area contributed by atoms with Crippen molar-refractivity contribution in [2.24, 2.45) is 0 Å². The van der Waals surface area contributed by atoms with E-state index in [0.717, 1.165) is 6.42 Å². The lowest BCUT2D eigenvalue weighted by molar-refractivity contribution is 1.27. The highest BCUT2D eigenvalue weighted by Crippen LogP contribution is 2.43. The van der Waals surface area contributed by atoms with Crippen LogP contribution in [0.3, 0.4) is 0 Å². The van der Waals surface area contributed by atoms with Gasteiger partial charge in [0, 0.05) is 20.2 Å². The fourth-order valence-corrected chi connectivity index (χ4v) is 8.58. The molecule has 9 rings (SSSR count). The molecule has 0 aliphatic rings. The summed E-state index contributed by atoms with van der Waals surface area (Å²) in [6.45, 7) is 0. The summed E-state index contributed by atoms with van der Waals surface area (Å²) in [6.07, 6.45) is 3.22. The van der Waals surface area contributed by atoms with Crippen LogP contribution in [-0.4, -0.2) is 0 Å². The predicted octanol–water partition coefficient (Wildman–Crippen LogP) is 13.9. The molecule has 0 bridgehead atoms. The van der Waals surface area contributed by atoms with Crippen LogP contribution in [0.2, 0.25) is 0 Å². The van der Waals surface area contributed by atoms with Crippen molar-refractivity contribution >= 4 is 47.9 Å². The summed E-state index contributed by atoms with van der Waals surface area (Å²) in [6, 6.07) is 68.4. The van der Waals surface area contributed by atoms with Crippen molar-refractivity contribution < 1.29 is 0 Å². The van der Waals surface area contributed by atoms with Crippen LogP contribution in [0.1, 0.15) is 16.7 Å². The molecule has 50 heavy (non-hydrogen) atoms. The topological polar surface area (TPSA) is 0 Å². The highest BCUT2D eigenvalue weighted by molar-refractivity contribution is 7.27. The van der Waals surface area contributed by atoms with Crippen LogP contribution in [0.5, 0.6) is 0 Å². The Bertz CT molecular complexity index is 2640. The number of benzene rings is 8. The van der Waals surface area contributed by atoms with Gasteiger partial charge in [-0.3, -0.25) is 0 Å². The molecule has 0 saturated carbocycles. The van der Waals surface area contributed by atoms with E-state index in [-0.39, 0.29) is 0 Å². The Morgan fingerprint density at radius 1 is 0.400 bits per heavy atom. The maximum atomic E-state index is 2.38.